The molecule has 0 fully saturated rings. The van der Waals surface area contributed by atoms with Crippen molar-refractivity contribution in [2.24, 2.45) is 0 Å². The zero-order valence-corrected chi connectivity index (χ0v) is 11.6. The van der Waals surface area contributed by atoms with E-state index in [0.29, 0.717) is 6.54 Å². The monoisotopic (exact) mass is 266 g/mol. The van der Waals surface area contributed by atoms with Crippen molar-refractivity contribution in [3.05, 3.63) is 70.3 Å². The molecule has 1 aliphatic heterocycles. The van der Waals surface area contributed by atoms with Crippen molar-refractivity contribution >= 4 is 5.91 Å². The van der Waals surface area contributed by atoms with Crippen LogP contribution in [0.3, 0.4) is 0 Å². The third-order valence-corrected chi connectivity index (χ3v) is 3.80. The van der Waals surface area contributed by atoms with E-state index in [1.165, 1.54) is 16.7 Å². The number of nitrogens with one attached hydrogen (secondary N) is 2. The summed E-state index contributed by atoms with van der Waals surface area (Å²) in [5.74, 6) is -0.0112. The Hall–Kier alpha value is -2.13. The van der Waals surface area contributed by atoms with Gasteiger partial charge in [0.1, 0.15) is 0 Å². The molecule has 1 heterocycles. The Morgan fingerprint density at radius 2 is 1.95 bits per heavy atom. The van der Waals surface area contributed by atoms with E-state index in [-0.39, 0.29) is 5.91 Å². The summed E-state index contributed by atoms with van der Waals surface area (Å²) < 4.78 is 0. The Balaban J connectivity index is 1.69. The second-order valence-corrected chi connectivity index (χ2v) is 5.20. The number of carbonyl (C=O) groups excluding carboxylic acids is 1. The average Bonchev–Trinajstić information content (AvgIpc) is 2.93. The van der Waals surface area contributed by atoms with Crippen LogP contribution < -0.4 is 10.6 Å². The quantitative estimate of drug-likeness (QED) is 0.896. The van der Waals surface area contributed by atoms with Gasteiger partial charge in [0.05, 0.1) is 0 Å². The molecule has 20 heavy (non-hydrogen) atoms. The minimum Gasteiger partial charge on any atom is -0.348 e. The Morgan fingerprint density at radius 3 is 2.80 bits per heavy atom. The summed E-state index contributed by atoms with van der Waals surface area (Å²) in [6, 6.07) is 14.0. The van der Waals surface area contributed by atoms with Gasteiger partial charge in [0.25, 0.3) is 5.91 Å². The molecule has 0 saturated heterocycles. The molecule has 3 heteroatoms. The number of hydrogen-bond acceptors (Lipinski definition) is 2. The standard InChI is InChI=1S/C17H18N2O/c1-12-4-2-3-5-14(12)11-19-17(20)13-6-7-15-9-18-10-16(15)8-13/h2-8,18H,9-11H2,1H3,(H,19,20). The summed E-state index contributed by atoms with van der Waals surface area (Å²) in [4.78, 5) is 12.2. The Bertz CT molecular complexity index is 649. The van der Waals surface area contributed by atoms with Gasteiger partial charge in [-0.2, -0.15) is 0 Å². The number of aryl methyl sites for hydroxylation is 1. The minimum absolute atomic E-state index is 0.0112. The summed E-state index contributed by atoms with van der Waals surface area (Å²) >= 11 is 0. The Labute approximate surface area is 119 Å². The van der Waals surface area contributed by atoms with Gasteiger partial charge in [-0.1, -0.05) is 30.3 Å². The molecule has 2 aromatic rings. The number of carbonyl (C=O) groups is 1. The lowest BCUT2D eigenvalue weighted by Gasteiger charge is -2.09. The van der Waals surface area contributed by atoms with E-state index in [9.17, 15) is 4.79 Å². The first-order chi connectivity index (χ1) is 9.74. The fourth-order valence-electron chi connectivity index (χ4n) is 2.52. The smallest absolute Gasteiger partial charge is 0.251 e. The summed E-state index contributed by atoms with van der Waals surface area (Å²) in [5, 5.41) is 6.28. The molecular weight excluding hydrogens is 248 g/mol. The lowest BCUT2D eigenvalue weighted by molar-refractivity contribution is 0.0951. The predicted molar refractivity (Wildman–Crippen MR) is 79.3 cm³/mol. The van der Waals surface area contributed by atoms with Crippen LogP contribution in [0, 0.1) is 6.92 Å². The van der Waals surface area contributed by atoms with Crippen LogP contribution in [0.25, 0.3) is 0 Å². The van der Waals surface area contributed by atoms with Crippen LogP contribution in [-0.2, 0) is 19.6 Å². The molecule has 3 nitrogen and oxygen atoms in total. The molecule has 0 unspecified atom stereocenters. The van der Waals surface area contributed by atoms with Crippen LogP contribution in [0.5, 0.6) is 0 Å². The molecule has 2 N–H and O–H groups in total. The number of benzene rings is 2. The average molecular weight is 266 g/mol. The van der Waals surface area contributed by atoms with Crippen molar-refractivity contribution in [2.45, 2.75) is 26.6 Å². The normalized spacial score (nSPS) is 13.1. The zero-order chi connectivity index (χ0) is 13.9. The van der Waals surface area contributed by atoms with Gasteiger partial charge in [-0.25, -0.2) is 0 Å². The summed E-state index contributed by atoms with van der Waals surface area (Å²) in [6.45, 7) is 4.39. The van der Waals surface area contributed by atoms with Crippen LogP contribution in [0.15, 0.2) is 42.5 Å². The third-order valence-electron chi connectivity index (χ3n) is 3.80. The first-order valence-electron chi connectivity index (χ1n) is 6.89. The molecule has 0 radical (unpaired) electrons. The van der Waals surface area contributed by atoms with Crippen molar-refractivity contribution < 1.29 is 4.79 Å². The van der Waals surface area contributed by atoms with E-state index in [1.54, 1.807) is 0 Å². The lowest BCUT2D eigenvalue weighted by Crippen LogP contribution is -2.23. The van der Waals surface area contributed by atoms with Crippen molar-refractivity contribution in [3.8, 4) is 0 Å². The predicted octanol–water partition coefficient (Wildman–Crippen LogP) is 2.53. The highest BCUT2D eigenvalue weighted by atomic mass is 16.1. The molecule has 0 atom stereocenters. The number of hydrogen-bond donors (Lipinski definition) is 2. The van der Waals surface area contributed by atoms with Gasteiger partial charge >= 0.3 is 0 Å². The van der Waals surface area contributed by atoms with Crippen molar-refractivity contribution in [2.75, 3.05) is 0 Å². The largest absolute Gasteiger partial charge is 0.348 e. The first-order valence-corrected chi connectivity index (χ1v) is 6.89. The fraction of sp³-hybridized carbons (Fsp3) is 0.235. The molecule has 0 saturated carbocycles. The maximum absolute atomic E-state index is 12.2. The molecule has 3 rings (SSSR count). The van der Waals surface area contributed by atoms with Crippen LogP contribution in [0.2, 0.25) is 0 Å². The molecule has 102 valence electrons. The Kier molecular flexibility index (Phi) is 3.52. The maximum Gasteiger partial charge on any atom is 0.251 e. The van der Waals surface area contributed by atoms with Gasteiger partial charge in [0.2, 0.25) is 0 Å². The molecule has 2 aromatic carbocycles. The van der Waals surface area contributed by atoms with Gasteiger partial charge < -0.3 is 10.6 Å². The van der Waals surface area contributed by atoms with E-state index in [0.717, 1.165) is 24.2 Å². The molecule has 0 aromatic heterocycles. The highest BCUT2D eigenvalue weighted by Gasteiger charge is 2.13. The van der Waals surface area contributed by atoms with Gasteiger partial charge in [0, 0.05) is 25.2 Å². The fourth-order valence-corrected chi connectivity index (χ4v) is 2.52. The highest BCUT2D eigenvalue weighted by molar-refractivity contribution is 5.94. The van der Waals surface area contributed by atoms with Crippen LogP contribution in [-0.4, -0.2) is 5.91 Å². The van der Waals surface area contributed by atoms with Crippen LogP contribution in [0.1, 0.15) is 32.6 Å². The second-order valence-electron chi connectivity index (χ2n) is 5.20. The summed E-state index contributed by atoms with van der Waals surface area (Å²) in [6.07, 6.45) is 0. The minimum atomic E-state index is -0.0112. The van der Waals surface area contributed by atoms with Crippen molar-refractivity contribution in [3.63, 3.8) is 0 Å². The Morgan fingerprint density at radius 1 is 1.15 bits per heavy atom. The first kappa shape index (κ1) is 12.9. The SMILES string of the molecule is Cc1ccccc1CNC(=O)c1ccc2c(c1)CNC2. The maximum atomic E-state index is 12.2. The van der Waals surface area contributed by atoms with E-state index in [4.69, 9.17) is 0 Å². The zero-order valence-electron chi connectivity index (χ0n) is 11.6. The lowest BCUT2D eigenvalue weighted by atomic mass is 10.1. The van der Waals surface area contributed by atoms with Crippen LogP contribution in [0.4, 0.5) is 0 Å². The van der Waals surface area contributed by atoms with Gasteiger partial charge in [-0.05, 0) is 41.3 Å². The van der Waals surface area contributed by atoms with E-state index in [2.05, 4.69) is 23.6 Å². The van der Waals surface area contributed by atoms with Gasteiger partial charge in [-0.15, -0.1) is 0 Å². The molecule has 1 amide bonds. The van der Waals surface area contributed by atoms with Gasteiger partial charge in [-0.3, -0.25) is 4.79 Å². The summed E-state index contributed by atoms with van der Waals surface area (Å²) in [5.41, 5.74) is 5.62. The second kappa shape index (κ2) is 5.47. The van der Waals surface area contributed by atoms with Crippen LogP contribution >= 0.6 is 0 Å². The van der Waals surface area contributed by atoms with Crippen molar-refractivity contribution in [1.82, 2.24) is 10.6 Å². The van der Waals surface area contributed by atoms with E-state index < -0.39 is 0 Å². The molecule has 0 aliphatic carbocycles. The summed E-state index contributed by atoms with van der Waals surface area (Å²) in [7, 11) is 0. The third kappa shape index (κ3) is 2.58. The number of rotatable bonds is 3. The number of fused-ring (bicyclic) bond motifs is 1. The van der Waals surface area contributed by atoms with E-state index in [1.807, 2.05) is 36.4 Å². The molecule has 1 aliphatic rings. The van der Waals surface area contributed by atoms with E-state index >= 15 is 0 Å². The topological polar surface area (TPSA) is 41.1 Å². The highest BCUT2D eigenvalue weighted by Crippen LogP contribution is 2.17. The molecule has 0 bridgehead atoms. The molecular formula is C17H18N2O. The number of amides is 1. The van der Waals surface area contributed by atoms with Crippen molar-refractivity contribution in [1.29, 1.82) is 0 Å². The van der Waals surface area contributed by atoms with Gasteiger partial charge in [0.15, 0.2) is 0 Å². The molecule has 0 spiro atoms.